The minimum atomic E-state index is 0.0867. The standard InChI is InChI=1S/C27H25N5O2/c28-17-23-16-22(5-6-26(23)34-24-8-13-33-14-9-24)25-7-10-30-27(31-25)15-20-1-3-21(4-2-20)18-32-12-11-29-19-32/h1-7,10-12,16,19,24H,8-9,13-15,18H2. The molecule has 5 rings (SSSR count). The predicted molar refractivity (Wildman–Crippen MR) is 127 cm³/mol. The van der Waals surface area contributed by atoms with Crippen molar-refractivity contribution in [3.63, 3.8) is 0 Å². The van der Waals surface area contributed by atoms with Gasteiger partial charge in [0, 0.05) is 50.0 Å². The Bertz CT molecular complexity index is 1270. The zero-order chi connectivity index (χ0) is 23.2. The van der Waals surface area contributed by atoms with Gasteiger partial charge in [-0.3, -0.25) is 0 Å². The highest BCUT2D eigenvalue weighted by Crippen LogP contribution is 2.27. The Morgan fingerprint density at radius 1 is 1.03 bits per heavy atom. The third-order valence-corrected chi connectivity index (χ3v) is 5.87. The minimum Gasteiger partial charge on any atom is -0.489 e. The Kier molecular flexibility index (Phi) is 6.59. The Hall–Kier alpha value is -4.02. The summed E-state index contributed by atoms with van der Waals surface area (Å²) in [7, 11) is 0. The molecule has 1 aliphatic rings. The van der Waals surface area contributed by atoms with Gasteiger partial charge in [-0.15, -0.1) is 0 Å². The van der Waals surface area contributed by atoms with Gasteiger partial charge in [-0.05, 0) is 35.4 Å². The lowest BCUT2D eigenvalue weighted by molar-refractivity contribution is 0.0254. The summed E-state index contributed by atoms with van der Waals surface area (Å²) in [6, 6.07) is 18.2. The largest absolute Gasteiger partial charge is 0.489 e. The van der Waals surface area contributed by atoms with Crippen molar-refractivity contribution in [3.8, 4) is 23.1 Å². The fraction of sp³-hybridized carbons (Fsp3) is 0.259. The van der Waals surface area contributed by atoms with Crippen LogP contribution in [0.5, 0.6) is 5.75 Å². The first-order chi connectivity index (χ1) is 16.8. The molecule has 7 heteroatoms. The van der Waals surface area contributed by atoms with Crippen LogP contribution in [0.3, 0.4) is 0 Å². The van der Waals surface area contributed by atoms with E-state index < -0.39 is 0 Å². The van der Waals surface area contributed by atoms with Crippen LogP contribution in [0.2, 0.25) is 0 Å². The lowest BCUT2D eigenvalue weighted by Gasteiger charge is -2.23. The highest BCUT2D eigenvalue weighted by Gasteiger charge is 2.17. The van der Waals surface area contributed by atoms with E-state index in [0.29, 0.717) is 30.9 Å². The molecule has 34 heavy (non-hydrogen) atoms. The van der Waals surface area contributed by atoms with Crippen molar-refractivity contribution in [2.75, 3.05) is 13.2 Å². The van der Waals surface area contributed by atoms with E-state index in [-0.39, 0.29) is 6.10 Å². The summed E-state index contributed by atoms with van der Waals surface area (Å²) in [5.41, 5.74) is 4.52. The maximum atomic E-state index is 9.68. The molecule has 0 atom stereocenters. The second-order valence-electron chi connectivity index (χ2n) is 8.34. The molecule has 170 valence electrons. The molecule has 2 aromatic heterocycles. The lowest BCUT2D eigenvalue weighted by atomic mass is 10.1. The van der Waals surface area contributed by atoms with Crippen molar-refractivity contribution in [1.29, 1.82) is 5.26 Å². The molecule has 0 N–H and O–H groups in total. The number of nitriles is 1. The average molecular weight is 452 g/mol. The van der Waals surface area contributed by atoms with Crippen molar-refractivity contribution in [3.05, 3.63) is 96.0 Å². The highest BCUT2D eigenvalue weighted by atomic mass is 16.5. The first-order valence-corrected chi connectivity index (χ1v) is 11.4. The zero-order valence-corrected chi connectivity index (χ0v) is 18.8. The van der Waals surface area contributed by atoms with Gasteiger partial charge in [-0.2, -0.15) is 5.26 Å². The van der Waals surface area contributed by atoms with Crippen molar-refractivity contribution in [2.24, 2.45) is 0 Å². The van der Waals surface area contributed by atoms with Gasteiger partial charge in [0.05, 0.1) is 30.8 Å². The summed E-state index contributed by atoms with van der Waals surface area (Å²) >= 11 is 0. The van der Waals surface area contributed by atoms with Crippen LogP contribution >= 0.6 is 0 Å². The first kappa shape index (κ1) is 21.8. The normalized spacial score (nSPS) is 14.0. The Morgan fingerprint density at radius 3 is 2.62 bits per heavy atom. The highest BCUT2D eigenvalue weighted by molar-refractivity contribution is 5.64. The third-order valence-electron chi connectivity index (χ3n) is 5.87. The van der Waals surface area contributed by atoms with E-state index in [2.05, 4.69) is 40.3 Å². The van der Waals surface area contributed by atoms with Gasteiger partial charge in [0.1, 0.15) is 23.7 Å². The van der Waals surface area contributed by atoms with Crippen LogP contribution in [0.1, 0.15) is 35.4 Å². The summed E-state index contributed by atoms with van der Waals surface area (Å²) < 4.78 is 13.5. The van der Waals surface area contributed by atoms with Crippen LogP contribution in [0.15, 0.2) is 73.4 Å². The van der Waals surface area contributed by atoms with Gasteiger partial charge in [0.25, 0.3) is 0 Å². The van der Waals surface area contributed by atoms with Gasteiger partial charge >= 0.3 is 0 Å². The number of rotatable bonds is 7. The fourth-order valence-corrected chi connectivity index (χ4v) is 4.03. The lowest BCUT2D eigenvalue weighted by Crippen LogP contribution is -2.26. The van der Waals surface area contributed by atoms with Crippen LogP contribution in [0, 0.1) is 11.3 Å². The maximum Gasteiger partial charge on any atom is 0.137 e. The third kappa shape index (κ3) is 5.30. The number of imidazole rings is 1. The van der Waals surface area contributed by atoms with Crippen LogP contribution < -0.4 is 4.74 Å². The van der Waals surface area contributed by atoms with E-state index in [4.69, 9.17) is 14.5 Å². The molecule has 1 aliphatic heterocycles. The van der Waals surface area contributed by atoms with Crippen LogP contribution in [0.25, 0.3) is 11.3 Å². The van der Waals surface area contributed by atoms with Gasteiger partial charge in [-0.1, -0.05) is 24.3 Å². The molecule has 0 amide bonds. The summed E-state index contributed by atoms with van der Waals surface area (Å²) in [5.74, 6) is 1.35. The molecule has 0 aliphatic carbocycles. The van der Waals surface area contributed by atoms with E-state index in [1.54, 1.807) is 12.4 Å². The van der Waals surface area contributed by atoms with Crippen molar-refractivity contribution < 1.29 is 9.47 Å². The molecule has 3 heterocycles. The summed E-state index contributed by atoms with van der Waals surface area (Å²) in [6.45, 7) is 2.19. The van der Waals surface area contributed by atoms with E-state index in [1.165, 1.54) is 5.56 Å². The fourth-order valence-electron chi connectivity index (χ4n) is 4.03. The van der Waals surface area contributed by atoms with Gasteiger partial charge in [0.2, 0.25) is 0 Å². The molecule has 1 fully saturated rings. The molecule has 0 spiro atoms. The summed E-state index contributed by atoms with van der Waals surface area (Å²) in [4.78, 5) is 13.3. The Labute approximate surface area is 198 Å². The van der Waals surface area contributed by atoms with Gasteiger partial charge < -0.3 is 14.0 Å². The molecule has 0 bridgehead atoms. The van der Waals surface area contributed by atoms with Crippen molar-refractivity contribution >= 4 is 0 Å². The molecule has 0 saturated carbocycles. The van der Waals surface area contributed by atoms with E-state index in [9.17, 15) is 5.26 Å². The molecular weight excluding hydrogens is 426 g/mol. The quantitative estimate of drug-likeness (QED) is 0.414. The van der Waals surface area contributed by atoms with Gasteiger partial charge in [0.15, 0.2) is 0 Å². The van der Waals surface area contributed by atoms with E-state index in [0.717, 1.165) is 42.0 Å². The maximum absolute atomic E-state index is 9.68. The molecule has 0 radical (unpaired) electrons. The molecule has 0 unspecified atom stereocenters. The molecule has 4 aromatic rings. The van der Waals surface area contributed by atoms with Crippen molar-refractivity contribution in [2.45, 2.75) is 31.9 Å². The molecular formula is C27H25N5O2. The predicted octanol–water partition coefficient (Wildman–Crippen LogP) is 4.41. The number of nitrogens with zero attached hydrogens (tertiary/aromatic N) is 5. The summed E-state index contributed by atoms with van der Waals surface area (Å²) in [6.07, 6.45) is 9.72. The smallest absolute Gasteiger partial charge is 0.137 e. The minimum absolute atomic E-state index is 0.0867. The second kappa shape index (κ2) is 10.3. The summed E-state index contributed by atoms with van der Waals surface area (Å²) in [5, 5.41) is 9.68. The Morgan fingerprint density at radius 2 is 1.85 bits per heavy atom. The van der Waals surface area contributed by atoms with Gasteiger partial charge in [-0.25, -0.2) is 15.0 Å². The van der Waals surface area contributed by atoms with Crippen molar-refractivity contribution in [1.82, 2.24) is 19.5 Å². The first-order valence-electron chi connectivity index (χ1n) is 11.4. The van der Waals surface area contributed by atoms with Crippen LogP contribution in [-0.4, -0.2) is 38.8 Å². The number of hydrogen-bond acceptors (Lipinski definition) is 6. The average Bonchev–Trinajstić information content (AvgIpc) is 3.39. The Balaban J connectivity index is 1.29. The van der Waals surface area contributed by atoms with E-state index >= 15 is 0 Å². The molecule has 2 aromatic carbocycles. The number of ether oxygens (including phenoxy) is 2. The number of aromatic nitrogens is 4. The number of benzene rings is 2. The van der Waals surface area contributed by atoms with Crippen LogP contribution in [-0.2, 0) is 17.7 Å². The SMILES string of the molecule is N#Cc1cc(-c2ccnc(Cc3ccc(Cn4ccnc4)cc3)n2)ccc1OC1CCOCC1. The van der Waals surface area contributed by atoms with Crippen LogP contribution in [0.4, 0.5) is 0 Å². The number of hydrogen-bond donors (Lipinski definition) is 0. The monoisotopic (exact) mass is 451 g/mol. The topological polar surface area (TPSA) is 85.9 Å². The molecule has 7 nitrogen and oxygen atoms in total. The molecule has 1 saturated heterocycles. The van der Waals surface area contributed by atoms with E-state index in [1.807, 2.05) is 41.4 Å². The zero-order valence-electron chi connectivity index (χ0n) is 18.8. The second-order valence-corrected chi connectivity index (χ2v) is 8.34.